The van der Waals surface area contributed by atoms with Crippen LogP contribution in [0.1, 0.15) is 117 Å². The van der Waals surface area contributed by atoms with Gasteiger partial charge in [0.05, 0.1) is 5.41 Å². The molecule has 0 saturated heterocycles. The Morgan fingerprint density at radius 1 is 0.810 bits per heavy atom. The summed E-state index contributed by atoms with van der Waals surface area (Å²) in [4.78, 5) is 2.54. The van der Waals surface area contributed by atoms with Crippen molar-refractivity contribution < 1.29 is 4.58 Å². The highest BCUT2D eigenvalue weighted by Gasteiger charge is 2.44. The first kappa shape index (κ1) is 31.8. The molecule has 2 heteroatoms. The third-order valence-electron chi connectivity index (χ3n) is 9.68. The summed E-state index contributed by atoms with van der Waals surface area (Å²) in [5, 5.41) is 2.76. The molecule has 2 aliphatic heterocycles. The summed E-state index contributed by atoms with van der Waals surface area (Å²) in [5.41, 5.74) is 11.8. The van der Waals surface area contributed by atoms with Crippen molar-refractivity contribution in [2.45, 2.75) is 112 Å². The minimum Gasteiger partial charge on any atom is -0.344 e. The first-order valence-corrected chi connectivity index (χ1v) is 16.4. The van der Waals surface area contributed by atoms with Crippen LogP contribution in [0.25, 0.3) is 16.8 Å². The normalized spacial score (nSPS) is 17.7. The van der Waals surface area contributed by atoms with Crippen molar-refractivity contribution in [1.82, 2.24) is 0 Å². The molecular weight excluding hydrogens is 508 g/mol. The minimum absolute atomic E-state index is 0.0806. The molecule has 3 aromatic carbocycles. The van der Waals surface area contributed by atoms with Crippen molar-refractivity contribution in [2.75, 3.05) is 18.0 Å². The Hall–Kier alpha value is -3.13. The number of allylic oxidation sites excluding steroid dienone is 3. The second kappa shape index (κ2) is 13.0. The van der Waals surface area contributed by atoms with Crippen LogP contribution in [-0.4, -0.2) is 23.4 Å². The highest BCUT2D eigenvalue weighted by molar-refractivity contribution is 6.01. The van der Waals surface area contributed by atoms with E-state index in [4.69, 9.17) is 0 Å². The molecule has 0 fully saturated rings. The number of rotatable bonds is 8. The molecule has 0 atom stereocenters. The van der Waals surface area contributed by atoms with Crippen LogP contribution >= 0.6 is 0 Å². The summed E-state index contributed by atoms with van der Waals surface area (Å²) in [6, 6.07) is 17.9. The van der Waals surface area contributed by atoms with Crippen LogP contribution < -0.4 is 4.90 Å². The quantitative estimate of drug-likeness (QED) is 0.247. The van der Waals surface area contributed by atoms with Gasteiger partial charge in [-0.15, -0.1) is 0 Å². The summed E-state index contributed by atoms with van der Waals surface area (Å²) >= 11 is 0. The topological polar surface area (TPSA) is 6.25 Å². The van der Waals surface area contributed by atoms with Crippen molar-refractivity contribution in [3.8, 4) is 0 Å². The first-order valence-electron chi connectivity index (χ1n) is 16.4. The zero-order valence-electron chi connectivity index (χ0n) is 28.2. The Morgan fingerprint density at radius 3 is 2.19 bits per heavy atom. The number of hydrogen-bond acceptors (Lipinski definition) is 1. The van der Waals surface area contributed by atoms with Gasteiger partial charge in [-0.3, -0.25) is 0 Å². The predicted molar refractivity (Wildman–Crippen MR) is 187 cm³/mol. The molecule has 3 aromatic rings. The molecule has 5 rings (SSSR count). The second-order valence-corrected chi connectivity index (χ2v) is 13.2. The summed E-state index contributed by atoms with van der Waals surface area (Å²) in [6.07, 6.45) is 13.0. The lowest BCUT2D eigenvalue weighted by molar-refractivity contribution is -0.439. The van der Waals surface area contributed by atoms with Crippen molar-refractivity contribution >= 4 is 33.9 Å². The lowest BCUT2D eigenvalue weighted by Crippen LogP contribution is -2.27. The van der Waals surface area contributed by atoms with Gasteiger partial charge in [0.1, 0.15) is 6.54 Å². The highest BCUT2D eigenvalue weighted by Crippen LogP contribution is 2.50. The minimum atomic E-state index is 0.0806. The number of nitrogens with zero attached hydrogens (tertiary/aromatic N) is 2. The van der Waals surface area contributed by atoms with Gasteiger partial charge in [0.15, 0.2) is 5.71 Å². The van der Waals surface area contributed by atoms with Gasteiger partial charge in [0.25, 0.3) is 0 Å². The maximum absolute atomic E-state index is 2.54. The van der Waals surface area contributed by atoms with Gasteiger partial charge >= 0.3 is 0 Å². The van der Waals surface area contributed by atoms with Crippen molar-refractivity contribution in [1.29, 1.82) is 0 Å². The van der Waals surface area contributed by atoms with E-state index in [9.17, 15) is 0 Å². The summed E-state index contributed by atoms with van der Waals surface area (Å²) in [5.74, 6) is 0. The zero-order chi connectivity index (χ0) is 30.7. The Balaban J connectivity index is 0.000000193. The molecule has 2 heterocycles. The van der Waals surface area contributed by atoms with Crippen LogP contribution in [-0.2, 0) is 10.8 Å². The predicted octanol–water partition coefficient (Wildman–Crippen LogP) is 11.3. The van der Waals surface area contributed by atoms with Crippen LogP contribution in [0.4, 0.5) is 11.4 Å². The summed E-state index contributed by atoms with van der Waals surface area (Å²) in [6.45, 7) is 25.1. The van der Waals surface area contributed by atoms with Crippen LogP contribution in [0.2, 0.25) is 0 Å². The zero-order valence-corrected chi connectivity index (χ0v) is 28.2. The van der Waals surface area contributed by atoms with Gasteiger partial charge in [-0.25, -0.2) is 0 Å². The van der Waals surface area contributed by atoms with E-state index < -0.39 is 0 Å². The third-order valence-corrected chi connectivity index (χ3v) is 9.68. The molecule has 0 radical (unpaired) electrons. The van der Waals surface area contributed by atoms with E-state index in [1.165, 1.54) is 81.5 Å². The fraction of sp³-hybridized carbons (Fsp3) is 0.475. The van der Waals surface area contributed by atoms with Gasteiger partial charge in [-0.05, 0) is 80.1 Å². The van der Waals surface area contributed by atoms with Crippen molar-refractivity contribution in [3.05, 3.63) is 88.6 Å². The number of unbranched alkanes of at least 4 members (excludes halogenated alkanes) is 2. The smallest absolute Gasteiger partial charge is 0.210 e. The molecule has 0 N–H and O–H groups in total. The van der Waals surface area contributed by atoms with E-state index in [0.29, 0.717) is 0 Å². The number of aryl methyl sites for hydroxylation is 1. The first-order chi connectivity index (χ1) is 20.1. The van der Waals surface area contributed by atoms with Crippen LogP contribution in [0.3, 0.4) is 0 Å². The number of anilines is 1. The number of benzene rings is 3. The average Bonchev–Trinajstić information content (AvgIpc) is 3.32. The van der Waals surface area contributed by atoms with E-state index in [-0.39, 0.29) is 10.8 Å². The van der Waals surface area contributed by atoms with E-state index >= 15 is 0 Å². The maximum Gasteiger partial charge on any atom is 0.210 e. The molecule has 42 heavy (non-hydrogen) atoms. The molecule has 0 aliphatic carbocycles. The lowest BCUT2D eigenvalue weighted by Gasteiger charge is -2.27. The van der Waals surface area contributed by atoms with Crippen LogP contribution in [0.5, 0.6) is 0 Å². The molecule has 0 unspecified atom stereocenters. The van der Waals surface area contributed by atoms with Gasteiger partial charge < -0.3 is 4.90 Å². The van der Waals surface area contributed by atoms with Gasteiger partial charge in [-0.2, -0.15) is 4.58 Å². The second-order valence-electron chi connectivity index (χ2n) is 13.2. The molecule has 0 saturated carbocycles. The summed E-state index contributed by atoms with van der Waals surface area (Å²) < 4.78 is 2.53. The van der Waals surface area contributed by atoms with E-state index in [1.807, 2.05) is 0 Å². The van der Waals surface area contributed by atoms with E-state index in [1.54, 1.807) is 0 Å². The third kappa shape index (κ3) is 5.62. The van der Waals surface area contributed by atoms with Gasteiger partial charge in [0, 0.05) is 48.3 Å². The standard InChI is InChI=1S/C21H31N.C19H24N/c1-7-10-12-17-16(4)13-14-18-20(17)21(5,6)19(9-3)22(18)15-11-8-2;1-5-6-13-20-14(2)19(3,4)18-16-10-8-7-9-15(16)11-12-17(18)20/h9-10,12-14H,7-8,11,15H2,1-6H3;7-12H,5-6,13H2,1-4H3/q;+1/b12-10-,19-9?;. The average molecular weight is 564 g/mol. The molecule has 0 bridgehead atoms. The molecule has 2 nitrogen and oxygen atoms in total. The molecule has 0 aromatic heterocycles. The number of hydrogen-bond donors (Lipinski definition) is 0. The molecule has 0 spiro atoms. The Labute approximate surface area is 256 Å². The monoisotopic (exact) mass is 563 g/mol. The van der Waals surface area contributed by atoms with Crippen molar-refractivity contribution in [2.24, 2.45) is 0 Å². The Kier molecular flexibility index (Phi) is 9.86. The highest BCUT2D eigenvalue weighted by atomic mass is 15.2. The van der Waals surface area contributed by atoms with Crippen molar-refractivity contribution in [3.63, 3.8) is 0 Å². The number of fused-ring (bicyclic) bond motifs is 4. The molecular formula is C40H55N2+. The van der Waals surface area contributed by atoms with Gasteiger partial charge in [0.2, 0.25) is 5.69 Å². The van der Waals surface area contributed by atoms with E-state index in [0.717, 1.165) is 19.5 Å². The molecule has 0 amide bonds. The Bertz CT molecular complexity index is 1510. The van der Waals surface area contributed by atoms with Gasteiger partial charge in [-0.1, -0.05) is 96.0 Å². The lowest BCUT2D eigenvalue weighted by atomic mass is 9.80. The fourth-order valence-electron chi connectivity index (χ4n) is 7.16. The van der Waals surface area contributed by atoms with E-state index in [2.05, 4.69) is 145 Å². The Morgan fingerprint density at radius 2 is 1.52 bits per heavy atom. The SMILES string of the molecule is CC=C1N(CCCC)c2ccc(C)c(/C=C\CC)c2C1(C)C.CCCC[N+]1=C(C)C(C)(C)c2c1ccc1ccccc21. The largest absolute Gasteiger partial charge is 0.344 e. The van der Waals surface area contributed by atoms with Crippen LogP contribution in [0.15, 0.2) is 66.4 Å². The fourth-order valence-corrected chi connectivity index (χ4v) is 7.16. The maximum atomic E-state index is 2.54. The molecule has 2 aliphatic rings. The molecule has 224 valence electrons. The summed E-state index contributed by atoms with van der Waals surface area (Å²) in [7, 11) is 0. The van der Waals surface area contributed by atoms with Crippen LogP contribution in [0, 0.1) is 6.92 Å².